The summed E-state index contributed by atoms with van der Waals surface area (Å²) in [6.07, 6.45) is 6.93. The van der Waals surface area contributed by atoms with E-state index in [0.717, 1.165) is 72.9 Å². The van der Waals surface area contributed by atoms with Crippen LogP contribution in [0, 0.1) is 16.2 Å². The van der Waals surface area contributed by atoms with Crippen molar-refractivity contribution in [1.29, 1.82) is 0 Å². The van der Waals surface area contributed by atoms with Crippen LogP contribution in [0.1, 0.15) is 31.1 Å². The maximum atomic E-state index is 14.1. The predicted octanol–water partition coefficient (Wildman–Crippen LogP) is 3.48. The van der Waals surface area contributed by atoms with Gasteiger partial charge in [0, 0.05) is 54.7 Å². The normalized spacial score (nSPS) is 10.3. The van der Waals surface area contributed by atoms with Crippen LogP contribution in [0.2, 0.25) is 0 Å². The SMILES string of the molecule is C=C.C=CC(=O)OCC(COC(=O)C=C)(COC(=O)C=C)COC(=O)c1cc(C(=O)OCC(COC(=O)C=C)(COC(=O)C=C)COC(=O)C=C)cc(C(=O)OCC(COC(=O)C=C)(COC(=O)C=C)COC(=O)C=C)c1. The maximum Gasteiger partial charge on any atom is 0.338 e. The summed E-state index contributed by atoms with van der Waals surface area (Å²) in [5.41, 5.74) is -7.57. The van der Waals surface area contributed by atoms with Crippen molar-refractivity contribution in [2.45, 2.75) is 0 Å². The molecule has 0 N–H and O–H groups in total. The quantitative estimate of drug-likeness (QED) is 0.0402. The summed E-state index contributed by atoms with van der Waals surface area (Å²) in [5, 5.41) is 0. The van der Waals surface area contributed by atoms with Gasteiger partial charge in [-0.1, -0.05) is 59.2 Å². The Bertz CT molecular complexity index is 1990. The third kappa shape index (κ3) is 25.2. The molecule has 0 aliphatic heterocycles. The first kappa shape index (κ1) is 67.3. The Hall–Kier alpha value is -9.74. The van der Waals surface area contributed by atoms with Gasteiger partial charge < -0.3 is 56.8 Å². The van der Waals surface area contributed by atoms with Crippen molar-refractivity contribution in [3.63, 3.8) is 0 Å². The molecule has 77 heavy (non-hydrogen) atoms. The minimum atomic E-state index is -1.88. The van der Waals surface area contributed by atoms with Crippen molar-refractivity contribution in [3.8, 4) is 0 Å². The van der Waals surface area contributed by atoms with Crippen LogP contribution in [0.25, 0.3) is 0 Å². The van der Waals surface area contributed by atoms with Crippen LogP contribution in [0.4, 0.5) is 0 Å². The van der Waals surface area contributed by atoms with Crippen molar-refractivity contribution in [1.82, 2.24) is 0 Å². The summed E-state index contributed by atoms with van der Waals surface area (Å²) in [5.74, 6) is -13.2. The third-order valence-corrected chi connectivity index (χ3v) is 9.35. The number of esters is 12. The Labute approximate surface area is 442 Å². The molecule has 0 fully saturated rings. The number of hydrogen-bond acceptors (Lipinski definition) is 24. The van der Waals surface area contributed by atoms with Gasteiger partial charge in [0.2, 0.25) is 0 Å². The van der Waals surface area contributed by atoms with Crippen LogP contribution >= 0.6 is 0 Å². The van der Waals surface area contributed by atoms with Crippen molar-refractivity contribution >= 4 is 71.6 Å². The fourth-order valence-corrected chi connectivity index (χ4v) is 5.19. The molecule has 24 nitrogen and oxygen atoms in total. The van der Waals surface area contributed by atoms with E-state index in [-0.39, 0.29) is 0 Å². The summed E-state index contributed by atoms with van der Waals surface area (Å²) >= 11 is 0. The minimum absolute atomic E-state index is 0.642. The van der Waals surface area contributed by atoms with Gasteiger partial charge in [-0.3, -0.25) is 0 Å². The molecule has 0 saturated carbocycles. The topological polar surface area (TPSA) is 316 Å². The summed E-state index contributed by atoms with van der Waals surface area (Å²) in [7, 11) is 0. The zero-order chi connectivity index (χ0) is 58.6. The van der Waals surface area contributed by atoms with Crippen LogP contribution in [0.3, 0.4) is 0 Å². The molecular weight excluding hydrogens is 1020 g/mol. The van der Waals surface area contributed by atoms with Crippen LogP contribution < -0.4 is 0 Å². The van der Waals surface area contributed by atoms with Gasteiger partial charge in [-0.15, -0.1) is 13.2 Å². The molecular formula is C53H58O24. The van der Waals surface area contributed by atoms with E-state index < -0.39 is 184 Å². The molecule has 0 saturated heterocycles. The number of rotatable bonds is 36. The molecule has 1 aromatic rings. The van der Waals surface area contributed by atoms with E-state index >= 15 is 0 Å². The van der Waals surface area contributed by atoms with E-state index in [2.05, 4.69) is 72.4 Å². The predicted molar refractivity (Wildman–Crippen MR) is 266 cm³/mol. The molecule has 24 heteroatoms. The maximum absolute atomic E-state index is 14.1. The largest absolute Gasteiger partial charge is 0.462 e. The minimum Gasteiger partial charge on any atom is -0.462 e. The van der Waals surface area contributed by atoms with Gasteiger partial charge in [0.25, 0.3) is 0 Å². The first-order chi connectivity index (χ1) is 36.6. The smallest absolute Gasteiger partial charge is 0.338 e. The first-order valence-corrected chi connectivity index (χ1v) is 21.9. The molecule has 0 heterocycles. The molecule has 0 spiro atoms. The summed E-state index contributed by atoms with van der Waals surface area (Å²) in [4.78, 5) is 152. The van der Waals surface area contributed by atoms with Gasteiger partial charge in [-0.25, -0.2) is 57.5 Å². The summed E-state index contributed by atoms with van der Waals surface area (Å²) in [6.45, 7) is 26.1. The molecule has 0 atom stereocenters. The molecule has 0 aliphatic carbocycles. The molecule has 0 radical (unpaired) electrons. The van der Waals surface area contributed by atoms with Gasteiger partial charge >= 0.3 is 71.6 Å². The molecule has 0 aromatic heterocycles. The van der Waals surface area contributed by atoms with Crippen LogP contribution in [0.5, 0.6) is 0 Å². The van der Waals surface area contributed by atoms with Crippen LogP contribution in [0.15, 0.2) is 145 Å². The van der Waals surface area contributed by atoms with Crippen LogP contribution in [-0.2, 0) is 100.0 Å². The average Bonchev–Trinajstić information content (AvgIpc) is 3.46. The standard InChI is InChI=1S/C51H54O24.C2H4/c1-10-37(52)64-22-49(23-65-38(53)11-2,24-66-39(54)12-3)31-73-46(61)34-19-35(47(62)74-32-50(25-67-40(55)13-4,26-68-41(56)14-5)27-69-42(57)15-6)21-36(20-34)48(63)75-33-51(28-70-43(58)16-7,29-71-44(59)17-8)30-72-45(60)18-9;1-2/h10-21H,1-9,22-33H2;1-2H2. The highest BCUT2D eigenvalue weighted by molar-refractivity contribution is 6.00. The highest BCUT2D eigenvalue weighted by atomic mass is 16.6. The number of carbonyl (C=O) groups excluding carboxylic acids is 12. The van der Waals surface area contributed by atoms with Crippen molar-refractivity contribution in [2.24, 2.45) is 16.2 Å². The van der Waals surface area contributed by atoms with Gasteiger partial charge in [0.05, 0.1) is 16.7 Å². The van der Waals surface area contributed by atoms with E-state index in [0.29, 0.717) is 0 Å². The Morgan fingerprint density at radius 2 is 0.377 bits per heavy atom. The monoisotopic (exact) mass is 1080 g/mol. The number of benzene rings is 1. The Balaban J connectivity index is 0.0000285. The van der Waals surface area contributed by atoms with Crippen LogP contribution in [-0.4, -0.2) is 151 Å². The molecule has 0 bridgehead atoms. The van der Waals surface area contributed by atoms with Crippen molar-refractivity contribution < 1.29 is 114 Å². The Morgan fingerprint density at radius 1 is 0.260 bits per heavy atom. The molecule has 1 aromatic carbocycles. The Morgan fingerprint density at radius 3 is 0.494 bits per heavy atom. The lowest BCUT2D eigenvalue weighted by Crippen LogP contribution is -2.44. The molecule has 0 amide bonds. The number of carbonyl (C=O) groups is 12. The van der Waals surface area contributed by atoms with E-state index in [9.17, 15) is 57.5 Å². The molecule has 0 aliphatic rings. The second-order valence-electron chi connectivity index (χ2n) is 15.3. The summed E-state index contributed by atoms with van der Waals surface area (Å²) in [6, 6.07) is 2.52. The lowest BCUT2D eigenvalue weighted by Gasteiger charge is -2.31. The van der Waals surface area contributed by atoms with E-state index in [1.165, 1.54) is 0 Å². The Kier molecular flexibility index (Phi) is 30.9. The van der Waals surface area contributed by atoms with Gasteiger partial charge in [0.1, 0.15) is 95.5 Å². The number of hydrogen-bond donors (Lipinski definition) is 0. The molecule has 414 valence electrons. The second kappa shape index (κ2) is 35.4. The van der Waals surface area contributed by atoms with Gasteiger partial charge in [-0.2, -0.15) is 0 Å². The number of ether oxygens (including phenoxy) is 12. The van der Waals surface area contributed by atoms with Gasteiger partial charge in [-0.05, 0) is 18.2 Å². The van der Waals surface area contributed by atoms with E-state index in [1.54, 1.807) is 0 Å². The van der Waals surface area contributed by atoms with E-state index in [4.69, 9.17) is 56.8 Å². The highest BCUT2D eigenvalue weighted by Crippen LogP contribution is 2.27. The lowest BCUT2D eigenvalue weighted by molar-refractivity contribution is -0.161. The highest BCUT2D eigenvalue weighted by Gasteiger charge is 2.41. The second-order valence-corrected chi connectivity index (χ2v) is 15.3. The van der Waals surface area contributed by atoms with E-state index in [1.807, 2.05) is 0 Å². The third-order valence-electron chi connectivity index (χ3n) is 9.35. The average molecular weight is 1080 g/mol. The molecule has 0 unspecified atom stereocenters. The van der Waals surface area contributed by atoms with Gasteiger partial charge in [0.15, 0.2) is 0 Å². The zero-order valence-electron chi connectivity index (χ0n) is 42.0. The lowest BCUT2D eigenvalue weighted by atomic mass is 9.92. The fraction of sp³-hybridized carbons (Fsp3) is 0.283. The molecule has 1 rings (SSSR count). The first-order valence-electron chi connectivity index (χ1n) is 21.9. The van der Waals surface area contributed by atoms with Crippen molar-refractivity contribution in [3.05, 3.63) is 162 Å². The zero-order valence-corrected chi connectivity index (χ0v) is 42.0. The summed E-state index contributed by atoms with van der Waals surface area (Å²) < 4.78 is 63.1. The fourth-order valence-electron chi connectivity index (χ4n) is 5.19. The van der Waals surface area contributed by atoms with Crippen molar-refractivity contribution in [2.75, 3.05) is 79.3 Å².